The van der Waals surface area contributed by atoms with Crippen molar-refractivity contribution in [1.29, 1.82) is 5.26 Å². The van der Waals surface area contributed by atoms with E-state index >= 15 is 0 Å². The molecule has 0 aromatic heterocycles. The topological polar surface area (TPSA) is 33.0 Å². The fourth-order valence-corrected chi connectivity index (χ4v) is 1.98. The summed E-state index contributed by atoms with van der Waals surface area (Å²) in [5, 5.41) is 9.09. The van der Waals surface area contributed by atoms with Gasteiger partial charge in [-0.05, 0) is 25.3 Å². The molecule has 0 N–H and O–H groups in total. The molecule has 1 aliphatic carbocycles. The van der Waals surface area contributed by atoms with Crippen molar-refractivity contribution < 1.29 is 9.13 Å². The van der Waals surface area contributed by atoms with Crippen LogP contribution in [0.3, 0.4) is 0 Å². The highest BCUT2D eigenvalue weighted by atomic mass is 19.1. The summed E-state index contributed by atoms with van der Waals surface area (Å²) in [5.74, 6) is 0.152. The van der Waals surface area contributed by atoms with E-state index in [1.165, 1.54) is 13.2 Å². The first-order valence-electron chi connectivity index (χ1n) is 4.97. The lowest BCUT2D eigenvalue weighted by atomic mass is 9.65. The summed E-state index contributed by atoms with van der Waals surface area (Å²) in [4.78, 5) is 0. The highest BCUT2D eigenvalue weighted by Gasteiger charge is 2.40. The maximum absolute atomic E-state index is 13.7. The number of halogens is 1. The number of hydrogen-bond donors (Lipinski definition) is 0. The van der Waals surface area contributed by atoms with Gasteiger partial charge in [-0.15, -0.1) is 0 Å². The second-order valence-corrected chi connectivity index (χ2v) is 3.89. The highest BCUT2D eigenvalue weighted by Crippen LogP contribution is 2.44. The number of ether oxygens (including phenoxy) is 1. The van der Waals surface area contributed by atoms with Crippen molar-refractivity contribution in [3.63, 3.8) is 0 Å². The molecule has 15 heavy (non-hydrogen) atoms. The number of hydrogen-bond acceptors (Lipinski definition) is 2. The van der Waals surface area contributed by atoms with Crippen molar-refractivity contribution >= 4 is 0 Å². The third-order valence-electron chi connectivity index (χ3n) is 3.11. The number of nitrogens with zero attached hydrogens (tertiary/aromatic N) is 1. The summed E-state index contributed by atoms with van der Waals surface area (Å²) in [7, 11) is 1.50. The Balaban J connectivity index is 2.41. The van der Waals surface area contributed by atoms with Gasteiger partial charge in [0, 0.05) is 11.6 Å². The zero-order valence-corrected chi connectivity index (χ0v) is 8.59. The number of methoxy groups -OCH3 is 1. The number of nitriles is 1. The SMILES string of the molecule is COc1ccc(C2(C#N)CCC2)c(F)c1. The fourth-order valence-electron chi connectivity index (χ4n) is 1.98. The van der Waals surface area contributed by atoms with E-state index in [0.29, 0.717) is 11.3 Å². The Bertz CT molecular complexity index is 418. The van der Waals surface area contributed by atoms with Gasteiger partial charge in [-0.3, -0.25) is 0 Å². The fraction of sp³-hybridized carbons (Fsp3) is 0.417. The Morgan fingerprint density at radius 3 is 2.60 bits per heavy atom. The van der Waals surface area contributed by atoms with Crippen molar-refractivity contribution in [3.8, 4) is 11.8 Å². The quantitative estimate of drug-likeness (QED) is 0.743. The van der Waals surface area contributed by atoms with E-state index in [4.69, 9.17) is 10.00 Å². The van der Waals surface area contributed by atoms with Crippen LogP contribution in [0, 0.1) is 17.1 Å². The van der Waals surface area contributed by atoms with Crippen molar-refractivity contribution in [2.24, 2.45) is 0 Å². The molecule has 1 aromatic carbocycles. The zero-order valence-electron chi connectivity index (χ0n) is 8.59. The van der Waals surface area contributed by atoms with Gasteiger partial charge in [0.1, 0.15) is 11.6 Å². The predicted molar refractivity (Wildman–Crippen MR) is 54.1 cm³/mol. The number of rotatable bonds is 2. The van der Waals surface area contributed by atoms with Crippen molar-refractivity contribution in [2.45, 2.75) is 24.7 Å². The van der Waals surface area contributed by atoms with Gasteiger partial charge in [0.25, 0.3) is 0 Å². The molecule has 78 valence electrons. The monoisotopic (exact) mass is 205 g/mol. The molecule has 0 atom stereocenters. The molecule has 1 aromatic rings. The van der Waals surface area contributed by atoms with Crippen LogP contribution < -0.4 is 4.74 Å². The first-order chi connectivity index (χ1) is 7.22. The summed E-state index contributed by atoms with van der Waals surface area (Å²) in [5.41, 5.74) is -0.0758. The predicted octanol–water partition coefficient (Wildman–Crippen LogP) is 2.78. The van der Waals surface area contributed by atoms with Crippen molar-refractivity contribution in [1.82, 2.24) is 0 Å². The summed E-state index contributed by atoms with van der Waals surface area (Å²) < 4.78 is 18.6. The van der Waals surface area contributed by atoms with E-state index in [-0.39, 0.29) is 5.82 Å². The summed E-state index contributed by atoms with van der Waals surface area (Å²) in [6.45, 7) is 0. The largest absolute Gasteiger partial charge is 0.497 e. The first kappa shape index (κ1) is 9.97. The Morgan fingerprint density at radius 1 is 1.47 bits per heavy atom. The van der Waals surface area contributed by atoms with Gasteiger partial charge in [0.15, 0.2) is 0 Å². The van der Waals surface area contributed by atoms with E-state index in [2.05, 4.69) is 6.07 Å². The molecule has 0 radical (unpaired) electrons. The molecule has 1 saturated carbocycles. The van der Waals surface area contributed by atoms with Crippen LogP contribution in [0.15, 0.2) is 18.2 Å². The Hall–Kier alpha value is -1.56. The minimum absolute atomic E-state index is 0.337. The molecule has 0 aliphatic heterocycles. The first-order valence-corrected chi connectivity index (χ1v) is 4.97. The van der Waals surface area contributed by atoms with Gasteiger partial charge in [0.2, 0.25) is 0 Å². The van der Waals surface area contributed by atoms with Crippen LogP contribution in [0.1, 0.15) is 24.8 Å². The third kappa shape index (κ3) is 1.46. The molecule has 0 spiro atoms. The van der Waals surface area contributed by atoms with Crippen LogP contribution in [0.5, 0.6) is 5.75 Å². The average molecular weight is 205 g/mol. The Morgan fingerprint density at radius 2 is 2.20 bits per heavy atom. The Labute approximate surface area is 88.3 Å². The van der Waals surface area contributed by atoms with Crippen LogP contribution >= 0.6 is 0 Å². The second-order valence-electron chi connectivity index (χ2n) is 3.89. The molecule has 0 unspecified atom stereocenters. The maximum atomic E-state index is 13.7. The van der Waals surface area contributed by atoms with Crippen molar-refractivity contribution in [3.05, 3.63) is 29.6 Å². The third-order valence-corrected chi connectivity index (χ3v) is 3.11. The standard InChI is InChI=1S/C12H12FNO/c1-15-9-3-4-10(11(13)7-9)12(8-14)5-2-6-12/h3-4,7H,2,5-6H2,1H3. The average Bonchev–Trinajstić information content (AvgIpc) is 2.19. The summed E-state index contributed by atoms with van der Waals surface area (Å²) in [6, 6.07) is 6.94. The molecular weight excluding hydrogens is 193 g/mol. The van der Waals surface area contributed by atoms with E-state index in [0.717, 1.165) is 19.3 Å². The van der Waals surface area contributed by atoms with Crippen LogP contribution in [-0.2, 0) is 5.41 Å². The van der Waals surface area contributed by atoms with Crippen molar-refractivity contribution in [2.75, 3.05) is 7.11 Å². The van der Waals surface area contributed by atoms with Gasteiger partial charge < -0.3 is 4.74 Å². The maximum Gasteiger partial charge on any atom is 0.131 e. The normalized spacial score (nSPS) is 17.7. The van der Waals surface area contributed by atoms with E-state index in [1.807, 2.05) is 0 Å². The number of benzene rings is 1. The molecule has 0 saturated heterocycles. The Kier molecular flexibility index (Phi) is 2.36. The molecule has 1 fully saturated rings. The molecule has 2 rings (SSSR count). The van der Waals surface area contributed by atoms with E-state index in [9.17, 15) is 4.39 Å². The lowest BCUT2D eigenvalue weighted by molar-refractivity contribution is 0.312. The molecular formula is C12H12FNO. The lowest BCUT2D eigenvalue weighted by Gasteiger charge is -2.35. The van der Waals surface area contributed by atoms with Crippen LogP contribution in [0.25, 0.3) is 0 Å². The molecule has 3 heteroatoms. The van der Waals surface area contributed by atoms with Gasteiger partial charge in [0.05, 0.1) is 18.6 Å². The highest BCUT2D eigenvalue weighted by molar-refractivity contribution is 5.39. The van der Waals surface area contributed by atoms with E-state index < -0.39 is 5.41 Å². The van der Waals surface area contributed by atoms with Gasteiger partial charge in [-0.1, -0.05) is 6.07 Å². The minimum atomic E-state index is -0.587. The summed E-state index contributed by atoms with van der Waals surface area (Å²) >= 11 is 0. The van der Waals surface area contributed by atoms with Crippen LogP contribution in [-0.4, -0.2) is 7.11 Å². The smallest absolute Gasteiger partial charge is 0.131 e. The van der Waals surface area contributed by atoms with Crippen LogP contribution in [0.2, 0.25) is 0 Å². The van der Waals surface area contributed by atoms with Gasteiger partial charge >= 0.3 is 0 Å². The lowest BCUT2D eigenvalue weighted by Crippen LogP contribution is -2.33. The van der Waals surface area contributed by atoms with Crippen LogP contribution in [0.4, 0.5) is 4.39 Å². The zero-order chi connectivity index (χ0) is 10.9. The summed E-state index contributed by atoms with van der Waals surface area (Å²) in [6.07, 6.45) is 2.51. The molecule has 0 amide bonds. The second kappa shape index (κ2) is 3.54. The molecule has 0 heterocycles. The van der Waals surface area contributed by atoms with Gasteiger partial charge in [-0.25, -0.2) is 4.39 Å². The van der Waals surface area contributed by atoms with E-state index in [1.54, 1.807) is 12.1 Å². The molecule has 1 aliphatic rings. The minimum Gasteiger partial charge on any atom is -0.497 e. The molecule has 2 nitrogen and oxygen atoms in total. The molecule has 0 bridgehead atoms. The van der Waals surface area contributed by atoms with Gasteiger partial charge in [-0.2, -0.15) is 5.26 Å².